The number of hydrogen-bond donors (Lipinski definition) is 4. The van der Waals surface area contributed by atoms with E-state index < -0.39 is 28.1 Å². The molecule has 1 heterocycles. The van der Waals surface area contributed by atoms with Crippen LogP contribution in [0.4, 0.5) is 0 Å². The molecular formula is C21H26Cl3N3O4. The topological polar surface area (TPSA) is 116 Å². The third-order valence-electron chi connectivity index (χ3n) is 4.67. The van der Waals surface area contributed by atoms with Crippen molar-refractivity contribution in [1.82, 2.24) is 10.2 Å². The molecule has 1 atom stereocenters. The second kappa shape index (κ2) is 10.6. The lowest BCUT2D eigenvalue weighted by Crippen LogP contribution is -2.43. The minimum atomic E-state index is -1.19. The van der Waals surface area contributed by atoms with Crippen molar-refractivity contribution in [1.29, 1.82) is 0 Å². The van der Waals surface area contributed by atoms with Crippen molar-refractivity contribution >= 4 is 47.4 Å². The number of nitrogens with zero attached hydrogens (tertiary/aromatic N) is 1. The molecule has 10 heteroatoms. The van der Waals surface area contributed by atoms with Crippen LogP contribution in [0.25, 0.3) is 0 Å². The van der Waals surface area contributed by atoms with E-state index in [1.54, 1.807) is 7.05 Å². The number of benzene rings is 2. The summed E-state index contributed by atoms with van der Waals surface area (Å²) in [6, 6.07) is 10.3. The first-order chi connectivity index (χ1) is 14.0. The number of hydrogen-bond acceptors (Lipinski definition) is 5. The number of halogens is 3. The maximum absolute atomic E-state index is 12.6. The summed E-state index contributed by atoms with van der Waals surface area (Å²) in [7, 11) is 1.57. The first-order valence-electron chi connectivity index (χ1n) is 9.03. The van der Waals surface area contributed by atoms with Gasteiger partial charge in [0.25, 0.3) is 11.8 Å². The van der Waals surface area contributed by atoms with Gasteiger partial charge in [-0.05, 0) is 18.1 Å². The fraction of sp³-hybridized carbons (Fsp3) is 0.238. The number of nitrogens with two attached hydrogens (primary N) is 1. The van der Waals surface area contributed by atoms with Crippen molar-refractivity contribution in [2.45, 2.75) is 25.4 Å². The molecule has 0 saturated carbocycles. The van der Waals surface area contributed by atoms with E-state index in [9.17, 15) is 19.8 Å². The molecule has 0 spiro atoms. The van der Waals surface area contributed by atoms with Crippen LogP contribution in [0.3, 0.4) is 0 Å². The Morgan fingerprint density at radius 1 is 1.26 bits per heavy atom. The first kappa shape index (κ1) is 26.4. The van der Waals surface area contributed by atoms with Crippen molar-refractivity contribution in [3.63, 3.8) is 0 Å². The minimum absolute atomic E-state index is 0. The highest BCUT2D eigenvalue weighted by atomic mass is 35.5. The van der Waals surface area contributed by atoms with Gasteiger partial charge in [-0.1, -0.05) is 67.0 Å². The number of likely N-dealkylation sites (N-methyl/N-ethyl adjacent to an activating group) is 1. The number of aromatic hydroxyl groups is 2. The summed E-state index contributed by atoms with van der Waals surface area (Å²) in [4.78, 5) is 26.1. The van der Waals surface area contributed by atoms with Crippen LogP contribution in [0.1, 0.15) is 30.7 Å². The number of amides is 2. The molecule has 1 saturated heterocycles. The summed E-state index contributed by atoms with van der Waals surface area (Å²) in [6.45, 7) is 5.43. The summed E-state index contributed by atoms with van der Waals surface area (Å²) in [6.07, 6.45) is 1.16. The van der Waals surface area contributed by atoms with E-state index in [1.807, 2.05) is 37.3 Å². The lowest BCUT2D eigenvalue weighted by molar-refractivity contribution is -0.114. The predicted molar refractivity (Wildman–Crippen MR) is 126 cm³/mol. The van der Waals surface area contributed by atoms with Crippen molar-refractivity contribution in [3.8, 4) is 11.5 Å². The highest BCUT2D eigenvalue weighted by Crippen LogP contribution is 2.41. The summed E-state index contributed by atoms with van der Waals surface area (Å²) in [5, 5.41) is 21.6. The van der Waals surface area contributed by atoms with E-state index in [2.05, 4.69) is 11.9 Å². The molecule has 0 unspecified atom stereocenters. The van der Waals surface area contributed by atoms with Crippen LogP contribution in [0, 0.1) is 0 Å². The molecule has 170 valence electrons. The summed E-state index contributed by atoms with van der Waals surface area (Å²) < 4.78 is 0. The highest BCUT2D eigenvalue weighted by Gasteiger charge is 2.61. The Bertz CT molecular complexity index is 992. The van der Waals surface area contributed by atoms with Gasteiger partial charge in [-0.3, -0.25) is 9.59 Å². The average molecular weight is 491 g/mol. The van der Waals surface area contributed by atoms with Crippen molar-refractivity contribution < 1.29 is 21.2 Å². The Balaban J connectivity index is 0.00000124. The predicted octanol–water partition coefficient (Wildman–Crippen LogP) is 4.08. The molecule has 2 aromatic carbocycles. The van der Waals surface area contributed by atoms with Crippen LogP contribution in [-0.2, 0) is 11.2 Å². The fourth-order valence-electron chi connectivity index (χ4n) is 2.67. The Morgan fingerprint density at radius 2 is 1.77 bits per heavy atom. The van der Waals surface area contributed by atoms with E-state index in [0.29, 0.717) is 0 Å². The minimum Gasteiger partial charge on any atom is -0.505 e. The number of rotatable bonds is 5. The molecule has 1 aliphatic heterocycles. The van der Waals surface area contributed by atoms with Gasteiger partial charge in [0.1, 0.15) is 5.02 Å². The van der Waals surface area contributed by atoms with Gasteiger partial charge in [-0.15, -0.1) is 12.4 Å². The lowest BCUT2D eigenvalue weighted by Gasteiger charge is -2.17. The SMILES string of the molecule is C=C(N)CC.CN1C(=O)[C@@]1(Cc1ccccc1)NC(=O)c1cc(Cl)c(O)c(Cl)c1O.Cl.[HH]. The normalized spacial score (nSPS) is 16.5. The van der Waals surface area contributed by atoms with Crippen LogP contribution in [-0.4, -0.2) is 39.6 Å². The van der Waals surface area contributed by atoms with E-state index >= 15 is 0 Å². The number of carbonyl (C=O) groups is 2. The van der Waals surface area contributed by atoms with Crippen LogP contribution >= 0.6 is 35.6 Å². The Kier molecular flexibility index (Phi) is 9.05. The van der Waals surface area contributed by atoms with Gasteiger partial charge < -0.3 is 26.2 Å². The van der Waals surface area contributed by atoms with E-state index in [-0.39, 0.29) is 36.7 Å². The van der Waals surface area contributed by atoms with Crippen LogP contribution in [0.15, 0.2) is 48.7 Å². The molecule has 0 bridgehead atoms. The highest BCUT2D eigenvalue weighted by molar-refractivity contribution is 6.38. The molecule has 1 aliphatic rings. The summed E-state index contributed by atoms with van der Waals surface area (Å²) in [5.74, 6) is -2.10. The molecule has 31 heavy (non-hydrogen) atoms. The zero-order chi connectivity index (χ0) is 22.6. The quantitative estimate of drug-likeness (QED) is 0.471. The van der Waals surface area contributed by atoms with Crippen molar-refractivity contribution in [3.05, 3.63) is 69.8 Å². The summed E-state index contributed by atoms with van der Waals surface area (Å²) >= 11 is 11.6. The third kappa shape index (κ3) is 5.76. The molecule has 3 rings (SSSR count). The molecule has 0 aromatic heterocycles. The van der Waals surface area contributed by atoms with Gasteiger partial charge in [-0.2, -0.15) is 0 Å². The van der Waals surface area contributed by atoms with Crippen LogP contribution in [0.2, 0.25) is 10.0 Å². The molecule has 2 aromatic rings. The Hall–Kier alpha value is -2.61. The van der Waals surface area contributed by atoms with Gasteiger partial charge >= 0.3 is 0 Å². The molecule has 2 amide bonds. The number of phenols is 2. The van der Waals surface area contributed by atoms with E-state index in [4.69, 9.17) is 28.9 Å². The number of phenolic OH excluding ortho intramolecular Hbond substituents is 2. The third-order valence-corrected chi connectivity index (χ3v) is 5.32. The standard InChI is InChI=1S/C17H14Cl2N2O4.C4H9N.ClH.H2/c1-21-16(25)17(21,8-9-5-3-2-4-6-9)20-15(24)10-7-11(18)14(23)12(19)13(10)22;1-3-4(2)5;;/h2-7,22-23H,8H2,1H3,(H,20,24);2-3,5H2,1H3;2*1H/t17-,21?;;;/m0.../s1. The monoisotopic (exact) mass is 489 g/mol. The van der Waals surface area contributed by atoms with Crippen molar-refractivity contribution in [2.24, 2.45) is 5.73 Å². The molecule has 1 fully saturated rings. The molecule has 0 radical (unpaired) electrons. The smallest absolute Gasteiger partial charge is 0.271 e. The first-order valence-corrected chi connectivity index (χ1v) is 9.78. The fourth-order valence-corrected chi connectivity index (χ4v) is 3.13. The molecule has 5 N–H and O–H groups in total. The molecular weight excluding hydrogens is 465 g/mol. The molecule has 7 nitrogen and oxygen atoms in total. The second-order valence-corrected chi connectivity index (χ2v) is 7.56. The van der Waals surface area contributed by atoms with Gasteiger partial charge in [0.15, 0.2) is 11.5 Å². The van der Waals surface area contributed by atoms with Gasteiger partial charge in [0.2, 0.25) is 5.66 Å². The van der Waals surface area contributed by atoms with E-state index in [0.717, 1.165) is 23.7 Å². The average Bonchev–Trinajstić information content (AvgIpc) is 3.22. The Morgan fingerprint density at radius 3 is 2.23 bits per heavy atom. The van der Waals surface area contributed by atoms with Gasteiger partial charge in [0.05, 0.1) is 10.6 Å². The summed E-state index contributed by atoms with van der Waals surface area (Å²) in [5.41, 5.74) is 5.30. The number of nitrogens with one attached hydrogen (secondary N) is 1. The van der Waals surface area contributed by atoms with E-state index in [1.165, 1.54) is 4.90 Å². The second-order valence-electron chi connectivity index (χ2n) is 6.77. The largest absolute Gasteiger partial charge is 0.505 e. The maximum Gasteiger partial charge on any atom is 0.271 e. The zero-order valence-electron chi connectivity index (χ0n) is 17.0. The van der Waals surface area contributed by atoms with Gasteiger partial charge in [0, 0.05) is 20.6 Å². The van der Waals surface area contributed by atoms with Crippen LogP contribution in [0.5, 0.6) is 11.5 Å². The maximum atomic E-state index is 12.6. The number of carbonyl (C=O) groups excluding carboxylic acids is 2. The van der Waals surface area contributed by atoms with Crippen LogP contribution < -0.4 is 11.1 Å². The lowest BCUT2D eigenvalue weighted by atomic mass is 10.0. The zero-order valence-corrected chi connectivity index (χ0v) is 19.3. The van der Waals surface area contributed by atoms with Crippen molar-refractivity contribution in [2.75, 3.05) is 7.05 Å². The molecule has 0 aliphatic carbocycles. The number of allylic oxidation sites excluding steroid dienone is 1. The Labute approximate surface area is 198 Å². The van der Waals surface area contributed by atoms with Gasteiger partial charge in [-0.25, -0.2) is 0 Å².